The summed E-state index contributed by atoms with van der Waals surface area (Å²) in [6.45, 7) is 3.77. The first-order valence-electron chi connectivity index (χ1n) is 16.1. The molecule has 2 bridgehead atoms. The number of halogens is 1. The highest BCUT2D eigenvalue weighted by Crippen LogP contribution is 2.47. The number of allylic oxidation sites excluding steroid dienone is 1. The number of benzene rings is 2. The van der Waals surface area contributed by atoms with Gasteiger partial charge in [0.25, 0.3) is 5.91 Å². The third-order valence-electron chi connectivity index (χ3n) is 10.8. The maximum Gasteiger partial charge on any atom is 0.264 e. The van der Waals surface area contributed by atoms with E-state index in [9.17, 15) is 18.3 Å². The molecule has 44 heavy (non-hydrogen) atoms. The van der Waals surface area contributed by atoms with Gasteiger partial charge in [-0.05, 0) is 110 Å². The zero-order valence-electron chi connectivity index (χ0n) is 25.2. The van der Waals surface area contributed by atoms with E-state index in [0.717, 1.165) is 55.7 Å². The van der Waals surface area contributed by atoms with Crippen LogP contribution in [-0.4, -0.2) is 44.4 Å². The fourth-order valence-electron chi connectivity index (χ4n) is 7.90. The van der Waals surface area contributed by atoms with E-state index in [1.54, 1.807) is 24.3 Å². The molecular formula is C35H41ClN2O5S. The van der Waals surface area contributed by atoms with Crippen molar-refractivity contribution in [3.63, 3.8) is 0 Å². The summed E-state index contributed by atoms with van der Waals surface area (Å²) in [7, 11) is -3.95. The molecule has 5 atom stereocenters. The van der Waals surface area contributed by atoms with E-state index in [0.29, 0.717) is 49.8 Å². The number of nitrogens with zero attached hydrogens (tertiary/aromatic N) is 1. The number of carbonyl (C=O) groups excluding carboxylic acids is 1. The Balaban J connectivity index is 1.30. The number of rotatable bonds is 2. The number of aliphatic hydroxyl groups excluding tert-OH is 1. The van der Waals surface area contributed by atoms with Crippen LogP contribution in [0.25, 0.3) is 0 Å². The van der Waals surface area contributed by atoms with Gasteiger partial charge in [0.05, 0.1) is 17.5 Å². The lowest BCUT2D eigenvalue weighted by Gasteiger charge is -2.44. The fourth-order valence-corrected chi connectivity index (χ4v) is 9.88. The summed E-state index contributed by atoms with van der Waals surface area (Å²) in [5.41, 5.74) is 6.43. The molecule has 9 heteroatoms. The molecule has 2 fully saturated rings. The van der Waals surface area contributed by atoms with Crippen LogP contribution in [0.3, 0.4) is 0 Å². The van der Waals surface area contributed by atoms with E-state index in [1.807, 2.05) is 13.0 Å². The van der Waals surface area contributed by atoms with Crippen molar-refractivity contribution in [2.45, 2.75) is 75.4 Å². The maximum absolute atomic E-state index is 13.7. The molecule has 7 rings (SSSR count). The highest BCUT2D eigenvalue weighted by molar-refractivity contribution is 7.90. The molecule has 5 aliphatic rings. The summed E-state index contributed by atoms with van der Waals surface area (Å²) in [5, 5.41) is 11.1. The highest BCUT2D eigenvalue weighted by Gasteiger charge is 2.44. The van der Waals surface area contributed by atoms with Crippen molar-refractivity contribution in [1.82, 2.24) is 4.72 Å². The zero-order valence-corrected chi connectivity index (χ0v) is 26.8. The number of hydrogen-bond donors (Lipinski definition) is 2. The number of aliphatic hydroxyl groups is 1. The SMILES string of the molecule is C[C@H]1CC=C=C(O)[C@H]2CC[C@H]2CN2C[C@@]3(CCCc4cc(Cl)ccc43)COc3ccc(cc32)C(=O)NS(=O)(=O)[C@@H]1CC1CC1. The van der Waals surface area contributed by atoms with Gasteiger partial charge >= 0.3 is 0 Å². The Bertz CT molecular complexity index is 1650. The molecule has 0 saturated heterocycles. The molecule has 2 N–H and O–H groups in total. The van der Waals surface area contributed by atoms with Crippen LogP contribution in [0.15, 0.2) is 54.0 Å². The Morgan fingerprint density at radius 3 is 2.77 bits per heavy atom. The third kappa shape index (κ3) is 5.65. The number of aryl methyl sites for hydroxylation is 1. The minimum atomic E-state index is -3.95. The molecule has 0 unspecified atom stereocenters. The number of ether oxygens (including phenoxy) is 1. The highest BCUT2D eigenvalue weighted by atomic mass is 35.5. The molecule has 2 aromatic rings. The molecule has 1 amide bonds. The van der Waals surface area contributed by atoms with Gasteiger partial charge in [-0.25, -0.2) is 13.1 Å². The summed E-state index contributed by atoms with van der Waals surface area (Å²) < 4.78 is 36.3. The lowest BCUT2D eigenvalue weighted by atomic mass is 9.69. The Labute approximate surface area is 265 Å². The number of carbonyl (C=O) groups is 1. The normalized spacial score (nSPS) is 31.5. The largest absolute Gasteiger partial charge is 0.504 e. The summed E-state index contributed by atoms with van der Waals surface area (Å²) >= 11 is 6.40. The summed E-state index contributed by atoms with van der Waals surface area (Å²) in [6.07, 6.45) is 9.64. The molecule has 2 saturated carbocycles. The van der Waals surface area contributed by atoms with E-state index >= 15 is 0 Å². The Hall–Kier alpha value is -2.93. The molecule has 234 valence electrons. The van der Waals surface area contributed by atoms with Crippen LogP contribution in [0.4, 0.5) is 5.69 Å². The van der Waals surface area contributed by atoms with Crippen molar-refractivity contribution in [3.05, 3.63) is 75.7 Å². The first-order chi connectivity index (χ1) is 21.1. The second-order valence-electron chi connectivity index (χ2n) is 13.9. The van der Waals surface area contributed by atoms with E-state index < -0.39 is 21.2 Å². The van der Waals surface area contributed by atoms with Gasteiger partial charge in [-0.2, -0.15) is 0 Å². The Morgan fingerprint density at radius 2 is 2.00 bits per heavy atom. The molecule has 0 radical (unpaired) electrons. The molecule has 2 aromatic carbocycles. The predicted octanol–water partition coefficient (Wildman–Crippen LogP) is 6.70. The van der Waals surface area contributed by atoms with Gasteiger partial charge in [0, 0.05) is 35.0 Å². The van der Waals surface area contributed by atoms with Crippen LogP contribution in [-0.2, 0) is 21.9 Å². The third-order valence-corrected chi connectivity index (χ3v) is 13.0. The molecule has 3 aliphatic carbocycles. The number of nitrogens with one attached hydrogen (secondary N) is 1. The Kier molecular flexibility index (Phi) is 7.75. The molecule has 0 aromatic heterocycles. The van der Waals surface area contributed by atoms with Gasteiger partial charge < -0.3 is 14.7 Å². The van der Waals surface area contributed by atoms with Crippen LogP contribution in [0.2, 0.25) is 5.02 Å². The van der Waals surface area contributed by atoms with Gasteiger partial charge in [-0.3, -0.25) is 4.79 Å². The zero-order chi connectivity index (χ0) is 30.6. The van der Waals surface area contributed by atoms with Crippen LogP contribution < -0.4 is 14.4 Å². The van der Waals surface area contributed by atoms with Crippen LogP contribution >= 0.6 is 11.6 Å². The molecule has 7 nitrogen and oxygen atoms in total. The second-order valence-corrected chi connectivity index (χ2v) is 16.2. The molecule has 1 spiro atoms. The van der Waals surface area contributed by atoms with Crippen molar-refractivity contribution < 1.29 is 23.1 Å². The van der Waals surface area contributed by atoms with E-state index in [-0.39, 0.29) is 28.9 Å². The van der Waals surface area contributed by atoms with E-state index in [2.05, 4.69) is 27.5 Å². The molecule has 2 heterocycles. The smallest absolute Gasteiger partial charge is 0.264 e. The van der Waals surface area contributed by atoms with Gasteiger partial charge in [0.1, 0.15) is 11.5 Å². The summed E-state index contributed by atoms with van der Waals surface area (Å²) in [5.74, 6) is 0.675. The quantitative estimate of drug-likeness (QED) is 0.356. The standard InChI is InChI=1S/C35H41ClN2O5S/c1-22-4-2-6-31(39)28-12-9-26(28)19-38-20-35(15-3-5-24-17-27(36)11-13-29(24)35)21-43-32-14-10-25(18-30(32)38)34(40)37-44(41,42)33(22)16-23-7-8-23/h2,10-11,13-14,17-18,22-23,26,28,33,39H,3-5,7-9,12,15-16,19-21H2,1H3,(H,37,40)/t6?,22-,26-,28-,33+,35-/m0/s1. The van der Waals surface area contributed by atoms with Crippen LogP contribution in [0.5, 0.6) is 5.75 Å². The van der Waals surface area contributed by atoms with Crippen molar-refractivity contribution in [3.8, 4) is 5.75 Å². The average Bonchev–Trinajstić information content (AvgIpc) is 3.81. The fraction of sp³-hybridized carbons (Fsp3) is 0.543. The molecule has 2 aliphatic heterocycles. The number of amides is 1. The van der Waals surface area contributed by atoms with Crippen molar-refractivity contribution in [1.29, 1.82) is 0 Å². The van der Waals surface area contributed by atoms with Crippen LogP contribution in [0, 0.1) is 23.7 Å². The van der Waals surface area contributed by atoms with E-state index in [4.69, 9.17) is 16.3 Å². The monoisotopic (exact) mass is 636 g/mol. The van der Waals surface area contributed by atoms with Gasteiger partial charge in [-0.15, -0.1) is 0 Å². The van der Waals surface area contributed by atoms with Crippen molar-refractivity contribution >= 4 is 33.2 Å². The minimum absolute atomic E-state index is 0.00652. The first kappa shape index (κ1) is 29.8. The van der Waals surface area contributed by atoms with Crippen molar-refractivity contribution in [2.24, 2.45) is 23.7 Å². The number of hydrogen-bond acceptors (Lipinski definition) is 6. The van der Waals surface area contributed by atoms with Gasteiger partial charge in [-0.1, -0.05) is 43.2 Å². The Morgan fingerprint density at radius 1 is 1.16 bits per heavy atom. The summed E-state index contributed by atoms with van der Waals surface area (Å²) in [6, 6.07) is 11.4. The lowest BCUT2D eigenvalue weighted by molar-refractivity contribution is 0.0980. The van der Waals surface area contributed by atoms with E-state index in [1.165, 1.54) is 11.1 Å². The van der Waals surface area contributed by atoms with Gasteiger partial charge in [0.15, 0.2) is 0 Å². The predicted molar refractivity (Wildman–Crippen MR) is 172 cm³/mol. The number of sulfonamides is 1. The maximum atomic E-state index is 13.7. The van der Waals surface area contributed by atoms with Crippen LogP contribution in [0.1, 0.15) is 79.8 Å². The first-order valence-corrected chi connectivity index (χ1v) is 18.0. The molecular weight excluding hydrogens is 596 g/mol. The van der Waals surface area contributed by atoms with Crippen molar-refractivity contribution in [2.75, 3.05) is 24.6 Å². The summed E-state index contributed by atoms with van der Waals surface area (Å²) in [4.78, 5) is 15.9. The topological polar surface area (TPSA) is 95.9 Å². The van der Waals surface area contributed by atoms with Gasteiger partial charge in [0.2, 0.25) is 10.0 Å². The number of fused-ring (bicyclic) bond motifs is 4. The number of anilines is 1. The lowest BCUT2D eigenvalue weighted by Crippen LogP contribution is -2.48. The minimum Gasteiger partial charge on any atom is -0.504 e. The second kappa shape index (κ2) is 11.5. The average molecular weight is 637 g/mol.